The van der Waals surface area contributed by atoms with E-state index in [1.807, 2.05) is 61.6 Å². The molecule has 0 radical (unpaired) electrons. The number of nitrogens with one attached hydrogen (secondary N) is 3. The van der Waals surface area contributed by atoms with Gasteiger partial charge in [-0.2, -0.15) is 0 Å². The Morgan fingerprint density at radius 2 is 1.86 bits per heavy atom. The molecule has 2 aromatic carbocycles. The van der Waals surface area contributed by atoms with Gasteiger partial charge in [0.25, 0.3) is 5.91 Å². The van der Waals surface area contributed by atoms with Gasteiger partial charge < -0.3 is 15.6 Å². The maximum Gasteiger partial charge on any atom is 0.272 e. The lowest BCUT2D eigenvalue weighted by Crippen LogP contribution is -2.15. The number of aromatic nitrogens is 1. The lowest BCUT2D eigenvalue weighted by molar-refractivity contribution is 0.102. The second-order valence-electron chi connectivity index (χ2n) is 4.91. The Kier molecular flexibility index (Phi) is 3.71. The molecule has 1 heterocycles. The topological polar surface area (TPSA) is 56.9 Å². The highest BCUT2D eigenvalue weighted by Gasteiger charge is 2.11. The van der Waals surface area contributed by atoms with E-state index in [1.54, 1.807) is 0 Å². The zero-order valence-corrected chi connectivity index (χ0v) is 11.8. The first kappa shape index (κ1) is 13.4. The number of fused-ring (bicyclic) bond motifs is 1. The van der Waals surface area contributed by atoms with E-state index in [4.69, 9.17) is 0 Å². The molecule has 0 bridgehead atoms. The Morgan fingerprint density at radius 3 is 2.67 bits per heavy atom. The number of H-pyrrole nitrogens is 1. The molecule has 0 unspecified atom stereocenters. The molecule has 0 fully saturated rings. The van der Waals surface area contributed by atoms with Gasteiger partial charge in [0.1, 0.15) is 5.69 Å². The van der Waals surface area contributed by atoms with Crippen LogP contribution in [0.4, 0.5) is 5.69 Å². The van der Waals surface area contributed by atoms with Crippen molar-refractivity contribution in [2.75, 3.05) is 12.4 Å². The molecule has 3 N–H and O–H groups in total. The van der Waals surface area contributed by atoms with Crippen molar-refractivity contribution in [3.8, 4) is 0 Å². The smallest absolute Gasteiger partial charge is 0.272 e. The van der Waals surface area contributed by atoms with Crippen LogP contribution in [0.25, 0.3) is 10.9 Å². The summed E-state index contributed by atoms with van der Waals surface area (Å²) in [7, 11) is 1.89. The lowest BCUT2D eigenvalue weighted by Gasteiger charge is -2.09. The number of amides is 1. The van der Waals surface area contributed by atoms with Crippen LogP contribution >= 0.6 is 0 Å². The highest BCUT2D eigenvalue weighted by molar-refractivity contribution is 6.06. The monoisotopic (exact) mass is 279 g/mol. The van der Waals surface area contributed by atoms with Crippen LogP contribution in [0.15, 0.2) is 54.6 Å². The summed E-state index contributed by atoms with van der Waals surface area (Å²) in [6.45, 7) is 0.711. The minimum absolute atomic E-state index is 0.130. The third kappa shape index (κ3) is 2.80. The van der Waals surface area contributed by atoms with E-state index in [0.717, 1.165) is 22.2 Å². The number of hydrogen-bond acceptors (Lipinski definition) is 2. The first-order valence-corrected chi connectivity index (χ1v) is 6.89. The fourth-order valence-electron chi connectivity index (χ4n) is 2.37. The molecule has 0 aliphatic rings. The first-order valence-electron chi connectivity index (χ1n) is 6.89. The third-order valence-electron chi connectivity index (χ3n) is 3.41. The zero-order valence-electron chi connectivity index (χ0n) is 11.8. The van der Waals surface area contributed by atoms with E-state index in [2.05, 4.69) is 15.6 Å². The van der Waals surface area contributed by atoms with Crippen molar-refractivity contribution in [2.24, 2.45) is 0 Å². The minimum atomic E-state index is -0.130. The summed E-state index contributed by atoms with van der Waals surface area (Å²) in [4.78, 5) is 15.5. The van der Waals surface area contributed by atoms with Crippen molar-refractivity contribution in [2.45, 2.75) is 6.54 Å². The molecule has 0 saturated heterocycles. The molecule has 4 nitrogen and oxygen atoms in total. The van der Waals surface area contributed by atoms with Crippen molar-refractivity contribution in [1.29, 1.82) is 0 Å². The van der Waals surface area contributed by atoms with E-state index >= 15 is 0 Å². The number of para-hydroxylation sites is 2. The molecule has 1 aromatic heterocycles. The largest absolute Gasteiger partial charge is 0.351 e. The van der Waals surface area contributed by atoms with Crippen LogP contribution in [0.2, 0.25) is 0 Å². The molecule has 0 spiro atoms. The molecule has 4 heteroatoms. The number of carbonyl (C=O) groups excluding carboxylic acids is 1. The predicted molar refractivity (Wildman–Crippen MR) is 85.5 cm³/mol. The highest BCUT2D eigenvalue weighted by Crippen LogP contribution is 2.18. The Morgan fingerprint density at radius 1 is 1.10 bits per heavy atom. The average molecular weight is 279 g/mol. The van der Waals surface area contributed by atoms with Crippen LogP contribution in [0.5, 0.6) is 0 Å². The van der Waals surface area contributed by atoms with Gasteiger partial charge in [0.2, 0.25) is 0 Å². The first-order chi connectivity index (χ1) is 10.3. The Hall–Kier alpha value is -2.59. The van der Waals surface area contributed by atoms with E-state index in [9.17, 15) is 4.79 Å². The molecule has 0 aliphatic carbocycles. The number of anilines is 1. The van der Waals surface area contributed by atoms with Gasteiger partial charge in [-0.1, -0.05) is 36.4 Å². The number of aromatic amines is 1. The molecule has 1 amide bonds. The second kappa shape index (κ2) is 5.81. The summed E-state index contributed by atoms with van der Waals surface area (Å²) in [5, 5.41) is 7.10. The maximum atomic E-state index is 12.4. The summed E-state index contributed by atoms with van der Waals surface area (Å²) in [6, 6.07) is 17.5. The molecule has 0 saturated carbocycles. The molecular formula is C17H17N3O. The van der Waals surface area contributed by atoms with Crippen molar-refractivity contribution in [3.05, 3.63) is 65.9 Å². The molecule has 3 rings (SSSR count). The molecule has 106 valence electrons. The van der Waals surface area contributed by atoms with Crippen LogP contribution in [0.3, 0.4) is 0 Å². The van der Waals surface area contributed by atoms with Crippen molar-refractivity contribution in [1.82, 2.24) is 10.3 Å². The quantitative estimate of drug-likeness (QED) is 0.687. The van der Waals surface area contributed by atoms with Crippen molar-refractivity contribution in [3.63, 3.8) is 0 Å². The number of hydrogen-bond donors (Lipinski definition) is 3. The molecule has 21 heavy (non-hydrogen) atoms. The van der Waals surface area contributed by atoms with Gasteiger partial charge in [0, 0.05) is 23.1 Å². The normalized spacial score (nSPS) is 10.7. The van der Waals surface area contributed by atoms with Gasteiger partial charge >= 0.3 is 0 Å². The van der Waals surface area contributed by atoms with Crippen molar-refractivity contribution < 1.29 is 4.79 Å². The summed E-state index contributed by atoms with van der Waals surface area (Å²) >= 11 is 0. The molecule has 0 atom stereocenters. The maximum absolute atomic E-state index is 12.4. The van der Waals surface area contributed by atoms with Crippen LogP contribution in [0.1, 0.15) is 16.1 Å². The Bertz CT molecular complexity index is 743. The van der Waals surface area contributed by atoms with E-state index < -0.39 is 0 Å². The lowest BCUT2D eigenvalue weighted by atomic mass is 10.1. The Labute approximate surface area is 123 Å². The van der Waals surface area contributed by atoms with Gasteiger partial charge in [0.15, 0.2) is 0 Å². The average Bonchev–Trinajstić information content (AvgIpc) is 2.93. The van der Waals surface area contributed by atoms with Gasteiger partial charge in [-0.05, 0) is 30.8 Å². The second-order valence-corrected chi connectivity index (χ2v) is 4.91. The molecule has 3 aromatic rings. The van der Waals surface area contributed by atoms with Crippen molar-refractivity contribution >= 4 is 22.5 Å². The fourth-order valence-corrected chi connectivity index (χ4v) is 2.37. The van der Waals surface area contributed by atoms with Crippen LogP contribution < -0.4 is 10.6 Å². The zero-order chi connectivity index (χ0) is 14.7. The molecule has 0 aliphatic heterocycles. The number of rotatable bonds is 4. The summed E-state index contributed by atoms with van der Waals surface area (Å²) in [5.74, 6) is -0.130. The van der Waals surface area contributed by atoms with Crippen LogP contribution in [0, 0.1) is 0 Å². The SMILES string of the molecule is CNCc1ccccc1NC(=O)c1cc2ccccc2[nH]1. The van der Waals surface area contributed by atoms with E-state index in [0.29, 0.717) is 12.2 Å². The van der Waals surface area contributed by atoms with E-state index in [1.165, 1.54) is 0 Å². The number of benzene rings is 2. The predicted octanol–water partition coefficient (Wildman–Crippen LogP) is 3.14. The Balaban J connectivity index is 1.86. The molecular weight excluding hydrogens is 262 g/mol. The fraction of sp³-hybridized carbons (Fsp3) is 0.118. The standard InChI is InChI=1S/C17H17N3O/c1-18-11-13-7-3-5-9-15(13)20-17(21)16-10-12-6-2-4-8-14(12)19-16/h2-10,18-19H,11H2,1H3,(H,20,21). The van der Waals surface area contributed by atoms with Crippen LogP contribution in [-0.2, 0) is 6.54 Å². The number of carbonyl (C=O) groups is 1. The summed E-state index contributed by atoms with van der Waals surface area (Å²) in [5.41, 5.74) is 3.42. The summed E-state index contributed by atoms with van der Waals surface area (Å²) in [6.07, 6.45) is 0. The van der Waals surface area contributed by atoms with Gasteiger partial charge in [0.05, 0.1) is 0 Å². The summed E-state index contributed by atoms with van der Waals surface area (Å²) < 4.78 is 0. The van der Waals surface area contributed by atoms with E-state index in [-0.39, 0.29) is 5.91 Å². The highest BCUT2D eigenvalue weighted by atomic mass is 16.1. The van der Waals surface area contributed by atoms with Gasteiger partial charge in [-0.25, -0.2) is 0 Å². The van der Waals surface area contributed by atoms with Gasteiger partial charge in [-0.15, -0.1) is 0 Å². The van der Waals surface area contributed by atoms with Gasteiger partial charge in [-0.3, -0.25) is 4.79 Å². The van der Waals surface area contributed by atoms with Crippen LogP contribution in [-0.4, -0.2) is 17.9 Å². The third-order valence-corrected chi connectivity index (χ3v) is 3.41. The minimum Gasteiger partial charge on any atom is -0.351 e.